The number of carbonyl (C=O) groups is 1. The van der Waals surface area contributed by atoms with Crippen molar-refractivity contribution in [2.75, 3.05) is 13.2 Å². The highest BCUT2D eigenvalue weighted by molar-refractivity contribution is 7.11. The number of aryl methyl sites for hydroxylation is 1. The summed E-state index contributed by atoms with van der Waals surface area (Å²) < 4.78 is 17.0. The summed E-state index contributed by atoms with van der Waals surface area (Å²) in [7, 11) is 0. The summed E-state index contributed by atoms with van der Waals surface area (Å²) in [6.45, 7) is 6.16. The average molecular weight is 378 g/mol. The molecule has 142 valence electrons. The van der Waals surface area contributed by atoms with E-state index in [1.807, 2.05) is 19.1 Å². The van der Waals surface area contributed by atoms with E-state index in [-0.39, 0.29) is 12.0 Å². The maximum atomic E-state index is 13.0. The minimum absolute atomic E-state index is 0.0248. The smallest absolute Gasteiger partial charge is 0.252 e. The van der Waals surface area contributed by atoms with Crippen LogP contribution in [-0.2, 0) is 27.4 Å². The van der Waals surface area contributed by atoms with Crippen LogP contribution in [0.15, 0.2) is 34.9 Å². The summed E-state index contributed by atoms with van der Waals surface area (Å²) in [5, 5.41) is 0. The third-order valence-corrected chi connectivity index (χ3v) is 5.52. The number of nitrogens with zero attached hydrogens (tertiary/aromatic N) is 1. The van der Waals surface area contributed by atoms with E-state index in [1.165, 1.54) is 11.3 Å². The van der Waals surface area contributed by atoms with Gasteiger partial charge >= 0.3 is 0 Å². The van der Waals surface area contributed by atoms with Gasteiger partial charge in [0.25, 0.3) is 5.91 Å². The second-order valence-corrected chi connectivity index (χ2v) is 8.12. The molecule has 1 aliphatic heterocycles. The summed E-state index contributed by atoms with van der Waals surface area (Å²) in [6.07, 6.45) is 4.52. The van der Waals surface area contributed by atoms with Crippen LogP contribution >= 0.6 is 11.3 Å². The second-order valence-electron chi connectivity index (χ2n) is 6.75. The number of thiophene rings is 1. The summed E-state index contributed by atoms with van der Waals surface area (Å²) >= 11 is 1.71. The highest BCUT2D eigenvalue weighted by Crippen LogP contribution is 2.20. The Bertz CT molecular complexity index is 676. The third kappa shape index (κ3) is 5.43. The molecule has 1 aliphatic rings. The number of hydrogen-bond acceptors (Lipinski definition) is 5. The van der Waals surface area contributed by atoms with Crippen LogP contribution in [0.2, 0.25) is 0 Å². The molecule has 26 heavy (non-hydrogen) atoms. The van der Waals surface area contributed by atoms with E-state index in [2.05, 4.69) is 19.1 Å². The van der Waals surface area contributed by atoms with Gasteiger partial charge in [0, 0.05) is 16.4 Å². The van der Waals surface area contributed by atoms with E-state index in [4.69, 9.17) is 13.9 Å². The number of ether oxygens (including phenoxy) is 2. The summed E-state index contributed by atoms with van der Waals surface area (Å²) in [5.74, 6) is 0.748. The molecule has 1 saturated heterocycles. The van der Waals surface area contributed by atoms with Gasteiger partial charge in [0.15, 0.2) is 0 Å². The van der Waals surface area contributed by atoms with Crippen LogP contribution in [0.25, 0.3) is 0 Å². The van der Waals surface area contributed by atoms with Crippen molar-refractivity contribution in [2.45, 2.75) is 58.4 Å². The van der Waals surface area contributed by atoms with Gasteiger partial charge in [0.2, 0.25) is 0 Å². The van der Waals surface area contributed by atoms with Crippen molar-refractivity contribution in [1.82, 2.24) is 4.90 Å². The number of hydrogen-bond donors (Lipinski definition) is 0. The Kier molecular flexibility index (Phi) is 6.88. The predicted octanol–water partition coefficient (Wildman–Crippen LogP) is 4.15. The molecule has 1 fully saturated rings. The van der Waals surface area contributed by atoms with E-state index in [0.29, 0.717) is 19.7 Å². The second kappa shape index (κ2) is 9.35. The lowest BCUT2D eigenvalue weighted by Crippen LogP contribution is -2.39. The van der Waals surface area contributed by atoms with Gasteiger partial charge in [0.05, 0.1) is 32.1 Å². The minimum Gasteiger partial charge on any atom is -0.467 e. The first kappa shape index (κ1) is 19.1. The summed E-state index contributed by atoms with van der Waals surface area (Å²) in [4.78, 5) is 17.2. The Morgan fingerprint density at radius 1 is 1.35 bits per heavy atom. The zero-order valence-corrected chi connectivity index (χ0v) is 16.3. The number of amides is 1. The molecule has 0 aliphatic carbocycles. The molecule has 1 amide bonds. The summed E-state index contributed by atoms with van der Waals surface area (Å²) in [5.41, 5.74) is 0. The quantitative estimate of drug-likeness (QED) is 0.693. The van der Waals surface area contributed by atoms with E-state index in [9.17, 15) is 4.79 Å². The van der Waals surface area contributed by atoms with Crippen LogP contribution in [-0.4, -0.2) is 36.2 Å². The lowest BCUT2D eigenvalue weighted by molar-refractivity contribution is -0.147. The lowest BCUT2D eigenvalue weighted by Gasteiger charge is -2.27. The molecule has 0 aromatic carbocycles. The highest BCUT2D eigenvalue weighted by atomic mass is 32.1. The zero-order chi connectivity index (χ0) is 18.4. The van der Waals surface area contributed by atoms with Gasteiger partial charge in [-0.2, -0.15) is 0 Å². The van der Waals surface area contributed by atoms with Gasteiger partial charge < -0.3 is 18.8 Å². The Balaban J connectivity index is 1.60. The number of carbonyl (C=O) groups excluding carboxylic acids is 1. The van der Waals surface area contributed by atoms with Gasteiger partial charge in [-0.3, -0.25) is 4.79 Å². The molecule has 0 spiro atoms. The highest BCUT2D eigenvalue weighted by Gasteiger charge is 2.24. The largest absolute Gasteiger partial charge is 0.467 e. The van der Waals surface area contributed by atoms with Gasteiger partial charge in [-0.1, -0.05) is 0 Å². The lowest BCUT2D eigenvalue weighted by atomic mass is 10.1. The Morgan fingerprint density at radius 3 is 2.88 bits per heavy atom. The number of furan rings is 1. The molecule has 6 heteroatoms. The normalized spacial score (nSPS) is 18.6. The topological polar surface area (TPSA) is 51.9 Å². The van der Waals surface area contributed by atoms with Crippen molar-refractivity contribution in [1.29, 1.82) is 0 Å². The minimum atomic E-state index is -0.503. The molecule has 0 radical (unpaired) electrons. The molecule has 5 nitrogen and oxygen atoms in total. The molecule has 0 bridgehead atoms. The van der Waals surface area contributed by atoms with Crippen molar-refractivity contribution < 1.29 is 18.7 Å². The molecule has 2 unspecified atom stereocenters. The fraction of sp³-hybridized carbons (Fsp3) is 0.550. The monoisotopic (exact) mass is 377 g/mol. The van der Waals surface area contributed by atoms with Crippen LogP contribution in [0.5, 0.6) is 0 Å². The Morgan fingerprint density at radius 2 is 2.23 bits per heavy atom. The molecule has 2 aromatic heterocycles. The molecular weight excluding hydrogens is 350 g/mol. The predicted molar refractivity (Wildman–Crippen MR) is 101 cm³/mol. The molecular formula is C20H27NO4S. The zero-order valence-electron chi connectivity index (χ0n) is 15.5. The first-order chi connectivity index (χ1) is 12.6. The van der Waals surface area contributed by atoms with E-state index in [1.54, 1.807) is 22.5 Å². The van der Waals surface area contributed by atoms with Crippen LogP contribution in [0.4, 0.5) is 0 Å². The van der Waals surface area contributed by atoms with Crippen molar-refractivity contribution in [3.63, 3.8) is 0 Å². The van der Waals surface area contributed by atoms with Gasteiger partial charge in [-0.25, -0.2) is 0 Å². The third-order valence-electron chi connectivity index (χ3n) is 4.54. The molecule has 3 heterocycles. The number of rotatable bonds is 8. The van der Waals surface area contributed by atoms with Crippen molar-refractivity contribution in [3.8, 4) is 0 Å². The molecule has 0 N–H and O–H groups in total. The Labute approximate surface area is 158 Å². The van der Waals surface area contributed by atoms with Crippen LogP contribution in [0, 0.1) is 6.92 Å². The van der Waals surface area contributed by atoms with E-state index < -0.39 is 6.10 Å². The van der Waals surface area contributed by atoms with Crippen LogP contribution in [0.1, 0.15) is 41.7 Å². The van der Waals surface area contributed by atoms with Crippen molar-refractivity contribution in [3.05, 3.63) is 46.0 Å². The fourth-order valence-corrected chi connectivity index (χ4v) is 3.99. The van der Waals surface area contributed by atoms with Crippen LogP contribution < -0.4 is 0 Å². The van der Waals surface area contributed by atoms with Crippen molar-refractivity contribution >= 4 is 17.2 Å². The molecule has 2 atom stereocenters. The standard InChI is InChI=1S/C20H27NO4S/c1-15-8-9-19(26-15)13-21(12-17-7-5-11-23-17)20(22)16(2)25-14-18-6-3-4-10-24-18/h5,7-9,11,16,18H,3-4,6,10,12-14H2,1-2H3. The van der Waals surface area contributed by atoms with Gasteiger partial charge in [-0.05, 0) is 57.4 Å². The molecule has 2 aromatic rings. The SMILES string of the molecule is Cc1ccc(CN(Cc2ccco2)C(=O)C(C)OCC2CCCCO2)s1. The first-order valence-corrected chi connectivity index (χ1v) is 10.0. The molecule has 0 saturated carbocycles. The Hall–Kier alpha value is -1.63. The van der Waals surface area contributed by atoms with Gasteiger partial charge in [-0.15, -0.1) is 11.3 Å². The van der Waals surface area contributed by atoms with Crippen LogP contribution in [0.3, 0.4) is 0 Å². The summed E-state index contributed by atoms with van der Waals surface area (Å²) in [6, 6.07) is 7.88. The fourth-order valence-electron chi connectivity index (χ4n) is 3.08. The van der Waals surface area contributed by atoms with Gasteiger partial charge in [0.1, 0.15) is 11.9 Å². The average Bonchev–Trinajstić information content (AvgIpc) is 3.31. The van der Waals surface area contributed by atoms with Crippen molar-refractivity contribution in [2.24, 2.45) is 0 Å². The molecule has 3 rings (SSSR count). The van der Waals surface area contributed by atoms with E-state index in [0.717, 1.165) is 30.1 Å². The maximum absolute atomic E-state index is 13.0. The van der Waals surface area contributed by atoms with E-state index >= 15 is 0 Å². The maximum Gasteiger partial charge on any atom is 0.252 e. The first-order valence-electron chi connectivity index (χ1n) is 9.21.